The molecule has 0 fully saturated rings. The molecule has 1 atom stereocenters. The Bertz CT molecular complexity index is 723. The maximum absolute atomic E-state index is 11.8. The van der Waals surface area contributed by atoms with Crippen molar-refractivity contribution < 1.29 is 14.3 Å². The van der Waals surface area contributed by atoms with Crippen molar-refractivity contribution in [1.82, 2.24) is 16.2 Å². The van der Waals surface area contributed by atoms with Crippen LogP contribution in [0.3, 0.4) is 0 Å². The Morgan fingerprint density at radius 1 is 1.08 bits per heavy atom. The van der Waals surface area contributed by atoms with Gasteiger partial charge in [-0.25, -0.2) is 10.2 Å². The van der Waals surface area contributed by atoms with Gasteiger partial charge in [-0.15, -0.1) is 0 Å². The number of carbonyl (C=O) groups excluding carboxylic acids is 2. The summed E-state index contributed by atoms with van der Waals surface area (Å²) in [6.45, 7) is 1.61. The standard InChI is InChI=1S/C17H17BrClN3O3/c1-11(12-2-6-14(19)7-3-12)20-17(24)22-21-16(23)10-25-15-8-4-13(18)5-9-15/h2-9,11H,10H2,1H3,(H,21,23)(H2,20,22,24). The van der Waals surface area contributed by atoms with Crippen LogP contribution in [0.15, 0.2) is 53.0 Å². The van der Waals surface area contributed by atoms with E-state index in [1.807, 2.05) is 19.1 Å². The van der Waals surface area contributed by atoms with E-state index in [1.165, 1.54) is 0 Å². The Balaban J connectivity index is 1.70. The largest absolute Gasteiger partial charge is 0.484 e. The second kappa shape index (κ2) is 9.29. The molecular formula is C17H17BrClN3O3. The van der Waals surface area contributed by atoms with Crippen LogP contribution >= 0.6 is 27.5 Å². The maximum atomic E-state index is 11.8. The number of ether oxygens (including phenoxy) is 1. The van der Waals surface area contributed by atoms with Crippen LogP contribution < -0.4 is 20.9 Å². The van der Waals surface area contributed by atoms with Crippen molar-refractivity contribution >= 4 is 39.5 Å². The molecule has 8 heteroatoms. The molecule has 0 radical (unpaired) electrons. The lowest BCUT2D eigenvalue weighted by molar-refractivity contribution is -0.123. The summed E-state index contributed by atoms with van der Waals surface area (Å²) in [5.41, 5.74) is 5.44. The van der Waals surface area contributed by atoms with Gasteiger partial charge < -0.3 is 10.1 Å². The van der Waals surface area contributed by atoms with Gasteiger partial charge in [0.2, 0.25) is 0 Å². The third-order valence-corrected chi connectivity index (χ3v) is 4.00. The van der Waals surface area contributed by atoms with Crippen molar-refractivity contribution in [2.45, 2.75) is 13.0 Å². The molecule has 3 N–H and O–H groups in total. The van der Waals surface area contributed by atoms with Gasteiger partial charge in [-0.1, -0.05) is 39.7 Å². The Kier molecular flexibility index (Phi) is 7.09. The van der Waals surface area contributed by atoms with Crippen LogP contribution in [0, 0.1) is 0 Å². The number of rotatable bonds is 5. The van der Waals surface area contributed by atoms with Gasteiger partial charge >= 0.3 is 6.03 Å². The monoisotopic (exact) mass is 425 g/mol. The Morgan fingerprint density at radius 3 is 2.36 bits per heavy atom. The molecule has 0 heterocycles. The van der Waals surface area contributed by atoms with E-state index in [4.69, 9.17) is 16.3 Å². The molecular weight excluding hydrogens is 410 g/mol. The van der Waals surface area contributed by atoms with Crippen molar-refractivity contribution in [3.05, 3.63) is 63.6 Å². The average Bonchev–Trinajstić information content (AvgIpc) is 2.60. The number of amides is 3. The van der Waals surface area contributed by atoms with Gasteiger partial charge in [-0.3, -0.25) is 10.2 Å². The number of carbonyl (C=O) groups is 2. The van der Waals surface area contributed by atoms with E-state index < -0.39 is 11.9 Å². The first-order chi connectivity index (χ1) is 11.9. The van der Waals surface area contributed by atoms with Gasteiger partial charge in [0.25, 0.3) is 5.91 Å². The highest BCUT2D eigenvalue weighted by Crippen LogP contribution is 2.16. The molecule has 1 unspecified atom stereocenters. The number of benzene rings is 2. The van der Waals surface area contributed by atoms with Crippen molar-refractivity contribution in [1.29, 1.82) is 0 Å². The molecule has 2 rings (SSSR count). The zero-order chi connectivity index (χ0) is 18.2. The molecule has 0 aliphatic rings. The lowest BCUT2D eigenvalue weighted by atomic mass is 10.1. The first kappa shape index (κ1) is 19.1. The molecule has 0 aliphatic heterocycles. The summed E-state index contributed by atoms with van der Waals surface area (Å²) in [6.07, 6.45) is 0. The van der Waals surface area contributed by atoms with Gasteiger partial charge in [-0.2, -0.15) is 0 Å². The quantitative estimate of drug-likeness (QED) is 0.640. The summed E-state index contributed by atoms with van der Waals surface area (Å²) in [5, 5.41) is 3.32. The predicted octanol–water partition coefficient (Wildman–Crippen LogP) is 3.57. The van der Waals surface area contributed by atoms with E-state index in [0.29, 0.717) is 10.8 Å². The maximum Gasteiger partial charge on any atom is 0.333 e. The van der Waals surface area contributed by atoms with Gasteiger partial charge in [-0.05, 0) is 48.9 Å². The number of urea groups is 1. The Hall–Kier alpha value is -2.25. The van der Waals surface area contributed by atoms with Gasteiger partial charge in [0.1, 0.15) is 5.75 Å². The van der Waals surface area contributed by atoms with Gasteiger partial charge in [0.05, 0.1) is 6.04 Å². The molecule has 0 bridgehead atoms. The topological polar surface area (TPSA) is 79.5 Å². The fourth-order valence-corrected chi connectivity index (χ4v) is 2.30. The van der Waals surface area contributed by atoms with Crippen LogP contribution in [0.1, 0.15) is 18.5 Å². The van der Waals surface area contributed by atoms with Crippen LogP contribution in [0.4, 0.5) is 4.79 Å². The molecule has 0 aromatic heterocycles. The average molecular weight is 427 g/mol. The van der Waals surface area contributed by atoms with Crippen molar-refractivity contribution in [2.24, 2.45) is 0 Å². The number of halogens is 2. The molecule has 2 aromatic rings. The van der Waals surface area contributed by atoms with E-state index in [-0.39, 0.29) is 12.6 Å². The minimum absolute atomic E-state index is 0.214. The predicted molar refractivity (Wildman–Crippen MR) is 99.3 cm³/mol. The number of hydrazine groups is 1. The summed E-state index contributed by atoms with van der Waals surface area (Å²) in [4.78, 5) is 23.5. The molecule has 0 saturated carbocycles. The van der Waals surface area contributed by atoms with Crippen molar-refractivity contribution in [2.75, 3.05) is 6.61 Å². The van der Waals surface area contributed by atoms with Gasteiger partial charge in [0, 0.05) is 9.50 Å². The van der Waals surface area contributed by atoms with Crippen LogP contribution in [0.5, 0.6) is 5.75 Å². The SMILES string of the molecule is CC(NC(=O)NNC(=O)COc1ccc(Br)cc1)c1ccc(Cl)cc1. The van der Waals surface area contributed by atoms with Crippen LogP contribution in [0.2, 0.25) is 5.02 Å². The van der Waals surface area contributed by atoms with Crippen LogP contribution in [-0.4, -0.2) is 18.5 Å². The minimum atomic E-state index is -0.528. The van der Waals surface area contributed by atoms with Crippen LogP contribution in [0.25, 0.3) is 0 Å². The highest BCUT2D eigenvalue weighted by Gasteiger charge is 2.10. The third kappa shape index (κ3) is 6.64. The highest BCUT2D eigenvalue weighted by molar-refractivity contribution is 9.10. The smallest absolute Gasteiger partial charge is 0.333 e. The summed E-state index contributed by atoms with van der Waals surface area (Å²) in [6, 6.07) is 13.4. The van der Waals surface area contributed by atoms with E-state index in [9.17, 15) is 9.59 Å². The normalized spacial score (nSPS) is 11.3. The number of hydrogen-bond donors (Lipinski definition) is 3. The van der Waals surface area contributed by atoms with E-state index in [2.05, 4.69) is 32.1 Å². The molecule has 0 aliphatic carbocycles. The van der Waals surface area contributed by atoms with E-state index in [1.54, 1.807) is 36.4 Å². The first-order valence-electron chi connectivity index (χ1n) is 7.43. The molecule has 2 aromatic carbocycles. The lowest BCUT2D eigenvalue weighted by Crippen LogP contribution is -2.48. The lowest BCUT2D eigenvalue weighted by Gasteiger charge is -2.15. The number of nitrogens with one attached hydrogen (secondary N) is 3. The summed E-state index contributed by atoms with van der Waals surface area (Å²) >= 11 is 9.14. The third-order valence-electron chi connectivity index (χ3n) is 3.22. The zero-order valence-electron chi connectivity index (χ0n) is 13.4. The molecule has 0 spiro atoms. The summed E-state index contributed by atoms with van der Waals surface area (Å²) in [7, 11) is 0. The van der Waals surface area contributed by atoms with Crippen molar-refractivity contribution in [3.63, 3.8) is 0 Å². The van der Waals surface area contributed by atoms with Crippen molar-refractivity contribution in [3.8, 4) is 5.75 Å². The first-order valence-corrected chi connectivity index (χ1v) is 8.60. The second-order valence-corrected chi connectivity index (χ2v) is 6.51. The minimum Gasteiger partial charge on any atom is -0.484 e. The molecule has 3 amide bonds. The highest BCUT2D eigenvalue weighted by atomic mass is 79.9. The molecule has 0 saturated heterocycles. The van der Waals surface area contributed by atoms with E-state index in [0.717, 1.165) is 10.0 Å². The van der Waals surface area contributed by atoms with Crippen LogP contribution in [-0.2, 0) is 4.79 Å². The molecule has 132 valence electrons. The Labute approximate surface area is 159 Å². The summed E-state index contributed by atoms with van der Waals surface area (Å²) < 4.78 is 6.21. The Morgan fingerprint density at radius 2 is 1.72 bits per heavy atom. The van der Waals surface area contributed by atoms with E-state index >= 15 is 0 Å². The second-order valence-electron chi connectivity index (χ2n) is 5.16. The van der Waals surface area contributed by atoms with Gasteiger partial charge in [0.15, 0.2) is 6.61 Å². The fraction of sp³-hybridized carbons (Fsp3) is 0.176. The molecule has 25 heavy (non-hydrogen) atoms. The summed E-state index contributed by atoms with van der Waals surface area (Å²) in [5.74, 6) is 0.0800. The zero-order valence-corrected chi connectivity index (χ0v) is 15.7. The number of hydrogen-bond acceptors (Lipinski definition) is 3. The molecule has 6 nitrogen and oxygen atoms in total. The fourth-order valence-electron chi connectivity index (χ4n) is 1.91.